The molecule has 1 amide bonds. The van der Waals surface area contributed by atoms with Crippen LogP contribution in [-0.4, -0.2) is 58.2 Å². The summed E-state index contributed by atoms with van der Waals surface area (Å²) in [6, 6.07) is 0.371. The van der Waals surface area contributed by atoms with Gasteiger partial charge < -0.3 is 9.80 Å². The highest BCUT2D eigenvalue weighted by atomic mass is 16.2. The average Bonchev–Trinajstić information content (AvgIpc) is 2.61. The third kappa shape index (κ3) is 2.35. The third-order valence-electron chi connectivity index (χ3n) is 4.66. The zero-order chi connectivity index (χ0) is 14.3. The highest BCUT2D eigenvalue weighted by molar-refractivity contribution is 5.95. The minimum Gasteiger partial charge on any atom is -0.334 e. The van der Waals surface area contributed by atoms with E-state index in [4.69, 9.17) is 0 Å². The van der Waals surface area contributed by atoms with Gasteiger partial charge in [-0.3, -0.25) is 9.48 Å². The largest absolute Gasteiger partial charge is 0.334 e. The molecule has 2 atom stereocenters. The number of likely N-dealkylation sites (N-methyl/N-ethyl adjacent to an activating group) is 1. The number of piperidine rings is 1. The fourth-order valence-electron chi connectivity index (χ4n) is 3.61. The number of carbonyl (C=O) groups excluding carboxylic acids is 1. The smallest absolute Gasteiger partial charge is 0.257 e. The van der Waals surface area contributed by atoms with Crippen molar-refractivity contribution in [3.63, 3.8) is 0 Å². The molecule has 0 aromatic carbocycles. The number of fused-ring (bicyclic) bond motifs is 4. The SMILES string of the molecule is CCn1cc(C(=O)N2C[C@H]3CC[C@@H]2CN(C)C3)c(C)n1. The van der Waals surface area contributed by atoms with Crippen molar-refractivity contribution < 1.29 is 4.79 Å². The Morgan fingerprint density at radius 2 is 2.15 bits per heavy atom. The van der Waals surface area contributed by atoms with Crippen LogP contribution in [0.25, 0.3) is 0 Å². The normalized spacial score (nSPS) is 26.9. The Balaban J connectivity index is 1.85. The van der Waals surface area contributed by atoms with Crippen molar-refractivity contribution in [2.24, 2.45) is 5.92 Å². The fourth-order valence-corrected chi connectivity index (χ4v) is 3.61. The number of hydrogen-bond donors (Lipinski definition) is 0. The van der Waals surface area contributed by atoms with Crippen LogP contribution < -0.4 is 0 Å². The molecule has 3 fully saturated rings. The predicted molar refractivity (Wildman–Crippen MR) is 77.7 cm³/mol. The van der Waals surface area contributed by atoms with Crippen LogP contribution in [0.1, 0.15) is 35.8 Å². The molecule has 20 heavy (non-hydrogen) atoms. The molecular formula is C15H24N4O. The van der Waals surface area contributed by atoms with Crippen molar-refractivity contribution >= 4 is 5.91 Å². The Kier molecular flexibility index (Phi) is 3.54. The summed E-state index contributed by atoms with van der Waals surface area (Å²) in [5.74, 6) is 0.802. The van der Waals surface area contributed by atoms with Gasteiger partial charge in [0.05, 0.1) is 11.3 Å². The summed E-state index contributed by atoms with van der Waals surface area (Å²) in [5, 5.41) is 4.40. The second-order valence-corrected chi connectivity index (χ2v) is 6.26. The zero-order valence-electron chi connectivity index (χ0n) is 12.7. The lowest BCUT2D eigenvalue weighted by molar-refractivity contribution is 0.0586. The van der Waals surface area contributed by atoms with Crippen molar-refractivity contribution in [1.29, 1.82) is 0 Å². The Bertz CT molecular complexity index is 510. The lowest BCUT2D eigenvalue weighted by Gasteiger charge is -2.36. The third-order valence-corrected chi connectivity index (χ3v) is 4.66. The molecule has 0 saturated carbocycles. The van der Waals surface area contributed by atoms with Gasteiger partial charge in [-0.2, -0.15) is 5.10 Å². The molecule has 3 saturated heterocycles. The number of carbonyl (C=O) groups is 1. The van der Waals surface area contributed by atoms with Crippen molar-refractivity contribution in [2.45, 2.75) is 39.3 Å². The molecule has 0 aliphatic carbocycles. The lowest BCUT2D eigenvalue weighted by atomic mass is 9.94. The quantitative estimate of drug-likeness (QED) is 0.819. The van der Waals surface area contributed by atoms with E-state index >= 15 is 0 Å². The van der Waals surface area contributed by atoms with Crippen LogP contribution in [0.2, 0.25) is 0 Å². The first kappa shape index (κ1) is 13.6. The molecule has 1 aromatic rings. The van der Waals surface area contributed by atoms with Gasteiger partial charge in [-0.05, 0) is 39.7 Å². The Morgan fingerprint density at radius 1 is 1.35 bits per heavy atom. The first-order valence-electron chi connectivity index (χ1n) is 7.62. The topological polar surface area (TPSA) is 41.4 Å². The molecule has 1 aromatic heterocycles. The van der Waals surface area contributed by atoms with Crippen LogP contribution in [0.4, 0.5) is 0 Å². The van der Waals surface area contributed by atoms with Gasteiger partial charge in [0.25, 0.3) is 5.91 Å². The Hall–Kier alpha value is -1.36. The highest BCUT2D eigenvalue weighted by Crippen LogP contribution is 2.28. The van der Waals surface area contributed by atoms with E-state index in [9.17, 15) is 4.79 Å². The summed E-state index contributed by atoms with van der Waals surface area (Å²) in [7, 11) is 2.17. The number of aryl methyl sites for hydroxylation is 2. The lowest BCUT2D eigenvalue weighted by Crippen LogP contribution is -2.47. The van der Waals surface area contributed by atoms with Gasteiger partial charge in [-0.15, -0.1) is 0 Å². The van der Waals surface area contributed by atoms with E-state index in [-0.39, 0.29) is 5.91 Å². The van der Waals surface area contributed by atoms with Crippen molar-refractivity contribution in [1.82, 2.24) is 19.6 Å². The van der Waals surface area contributed by atoms with Crippen molar-refractivity contribution in [3.8, 4) is 0 Å². The molecule has 3 aliphatic rings. The average molecular weight is 276 g/mol. The summed E-state index contributed by atoms with van der Waals surface area (Å²) in [5.41, 5.74) is 1.63. The fraction of sp³-hybridized carbons (Fsp3) is 0.733. The zero-order valence-corrected chi connectivity index (χ0v) is 12.7. The van der Waals surface area contributed by atoms with E-state index in [1.807, 2.05) is 24.7 Å². The van der Waals surface area contributed by atoms with Crippen molar-refractivity contribution in [3.05, 3.63) is 17.5 Å². The molecule has 5 nitrogen and oxygen atoms in total. The second-order valence-electron chi connectivity index (χ2n) is 6.26. The number of rotatable bonds is 2. The highest BCUT2D eigenvalue weighted by Gasteiger charge is 2.37. The maximum Gasteiger partial charge on any atom is 0.257 e. The predicted octanol–water partition coefficient (Wildman–Crippen LogP) is 1.38. The van der Waals surface area contributed by atoms with Gasteiger partial charge in [0.15, 0.2) is 0 Å². The minimum atomic E-state index is 0.173. The maximum absolute atomic E-state index is 12.9. The Morgan fingerprint density at radius 3 is 2.85 bits per heavy atom. The molecule has 0 N–H and O–H groups in total. The van der Waals surface area contributed by atoms with Gasteiger partial charge in [0.1, 0.15) is 0 Å². The van der Waals surface area contributed by atoms with Gasteiger partial charge in [0.2, 0.25) is 0 Å². The number of amides is 1. The van der Waals surface area contributed by atoms with E-state index in [0.29, 0.717) is 12.0 Å². The molecule has 4 heterocycles. The van der Waals surface area contributed by atoms with Crippen LogP contribution >= 0.6 is 0 Å². The molecule has 4 rings (SSSR count). The molecule has 0 radical (unpaired) electrons. The van der Waals surface area contributed by atoms with Gasteiger partial charge in [0, 0.05) is 38.4 Å². The van der Waals surface area contributed by atoms with Crippen LogP contribution in [-0.2, 0) is 6.54 Å². The second kappa shape index (κ2) is 5.20. The van der Waals surface area contributed by atoms with Crippen LogP contribution in [0.15, 0.2) is 6.20 Å². The molecule has 0 unspecified atom stereocenters. The summed E-state index contributed by atoms with van der Waals surface area (Å²) in [6.45, 7) is 7.81. The minimum absolute atomic E-state index is 0.173. The van der Waals surface area contributed by atoms with E-state index in [2.05, 4.69) is 21.9 Å². The molecule has 0 spiro atoms. The molecular weight excluding hydrogens is 252 g/mol. The van der Waals surface area contributed by atoms with Gasteiger partial charge in [-0.1, -0.05) is 0 Å². The summed E-state index contributed by atoms with van der Waals surface area (Å²) >= 11 is 0. The Labute approximate surface area is 120 Å². The molecule has 2 bridgehead atoms. The number of hydrogen-bond acceptors (Lipinski definition) is 3. The molecule has 5 heteroatoms. The summed E-state index contributed by atoms with van der Waals surface area (Å²) in [4.78, 5) is 17.3. The van der Waals surface area contributed by atoms with Crippen LogP contribution in [0.3, 0.4) is 0 Å². The number of aromatic nitrogens is 2. The van der Waals surface area contributed by atoms with Crippen LogP contribution in [0, 0.1) is 12.8 Å². The first-order valence-corrected chi connectivity index (χ1v) is 7.62. The summed E-state index contributed by atoms with van der Waals surface area (Å²) in [6.07, 6.45) is 4.30. The monoisotopic (exact) mass is 276 g/mol. The molecule has 110 valence electrons. The van der Waals surface area contributed by atoms with E-state index < -0.39 is 0 Å². The van der Waals surface area contributed by atoms with Gasteiger partial charge in [-0.25, -0.2) is 0 Å². The summed E-state index contributed by atoms with van der Waals surface area (Å²) < 4.78 is 1.85. The van der Waals surface area contributed by atoms with E-state index in [0.717, 1.165) is 43.9 Å². The first-order chi connectivity index (χ1) is 9.58. The number of nitrogens with zero attached hydrogens (tertiary/aromatic N) is 4. The maximum atomic E-state index is 12.9. The van der Waals surface area contributed by atoms with Crippen LogP contribution in [0.5, 0.6) is 0 Å². The van der Waals surface area contributed by atoms with Crippen molar-refractivity contribution in [2.75, 3.05) is 26.7 Å². The van der Waals surface area contributed by atoms with E-state index in [1.54, 1.807) is 0 Å². The molecule has 3 aliphatic heterocycles. The van der Waals surface area contributed by atoms with E-state index in [1.165, 1.54) is 6.42 Å². The van der Waals surface area contributed by atoms with Gasteiger partial charge >= 0.3 is 0 Å². The standard InChI is InChI=1S/C15H24N4O/c1-4-18-10-14(11(2)16-18)15(20)19-8-12-5-6-13(19)9-17(3)7-12/h10,12-13H,4-9H2,1-3H3/t12-,13+/m0/s1.